The van der Waals surface area contributed by atoms with Gasteiger partial charge < -0.3 is 19.9 Å². The number of ether oxygens (including phenoxy) is 1. The Labute approximate surface area is 174 Å². The number of nitrogens with zero attached hydrogens (tertiary/aromatic N) is 1. The Kier molecular flexibility index (Phi) is 6.85. The minimum atomic E-state index is -0.401. The van der Waals surface area contributed by atoms with Gasteiger partial charge in [0.05, 0.1) is 36.9 Å². The fraction of sp³-hybridized carbons (Fsp3) is 0.286. The second-order valence-electron chi connectivity index (χ2n) is 6.87. The van der Waals surface area contributed by atoms with E-state index in [2.05, 4.69) is 5.32 Å². The summed E-state index contributed by atoms with van der Waals surface area (Å²) in [5.74, 6) is -0.164. The highest BCUT2D eigenvalue weighted by molar-refractivity contribution is 6.33. The van der Waals surface area contributed by atoms with Crippen LogP contribution in [0.2, 0.25) is 5.02 Å². The first kappa shape index (κ1) is 20.8. The number of rotatable bonds is 5. The van der Waals surface area contributed by atoms with Crippen LogP contribution in [-0.2, 0) is 9.59 Å². The number of anilines is 1. The summed E-state index contributed by atoms with van der Waals surface area (Å²) in [6.45, 7) is 4.17. The van der Waals surface area contributed by atoms with E-state index in [0.717, 1.165) is 4.90 Å². The summed E-state index contributed by atoms with van der Waals surface area (Å²) in [4.78, 5) is 38.8. The number of amides is 2. The second kappa shape index (κ2) is 9.54. The maximum absolute atomic E-state index is 12.7. The molecule has 1 aliphatic heterocycles. The number of hydrogen-bond donors (Lipinski definition) is 2. The monoisotopic (exact) mass is 416 g/mol. The van der Waals surface area contributed by atoms with Gasteiger partial charge in [0.25, 0.3) is 11.8 Å². The Morgan fingerprint density at radius 2 is 1.72 bits per heavy atom. The van der Waals surface area contributed by atoms with Crippen molar-refractivity contribution in [3.63, 3.8) is 0 Å². The molecule has 0 bridgehead atoms. The van der Waals surface area contributed by atoms with E-state index in [1.807, 2.05) is 12.1 Å². The van der Waals surface area contributed by atoms with Gasteiger partial charge in [-0.25, -0.2) is 0 Å². The van der Waals surface area contributed by atoms with Crippen LogP contribution in [0.15, 0.2) is 48.5 Å². The highest BCUT2D eigenvalue weighted by Gasteiger charge is 2.26. The molecule has 152 valence electrons. The molecule has 7 nitrogen and oxygen atoms in total. The van der Waals surface area contributed by atoms with Gasteiger partial charge >= 0.3 is 5.97 Å². The topological polar surface area (TPSA) is 80.2 Å². The zero-order valence-electron chi connectivity index (χ0n) is 16.1. The molecule has 0 aliphatic carbocycles. The van der Waals surface area contributed by atoms with Crippen LogP contribution in [0.25, 0.3) is 0 Å². The van der Waals surface area contributed by atoms with E-state index in [1.165, 1.54) is 6.92 Å². The van der Waals surface area contributed by atoms with Gasteiger partial charge in [-0.05, 0) is 36.4 Å². The van der Waals surface area contributed by atoms with Crippen LogP contribution in [-0.4, -0.2) is 55.4 Å². The van der Waals surface area contributed by atoms with Crippen molar-refractivity contribution in [2.45, 2.75) is 6.92 Å². The van der Waals surface area contributed by atoms with E-state index >= 15 is 0 Å². The summed E-state index contributed by atoms with van der Waals surface area (Å²) >= 11 is 6.07. The molecule has 8 heteroatoms. The molecule has 0 aromatic heterocycles. The zero-order chi connectivity index (χ0) is 20.8. The van der Waals surface area contributed by atoms with Crippen LogP contribution >= 0.6 is 11.6 Å². The lowest BCUT2D eigenvalue weighted by Crippen LogP contribution is -3.15. The summed E-state index contributed by atoms with van der Waals surface area (Å²) in [6, 6.07) is 13.6. The lowest BCUT2D eigenvalue weighted by Gasteiger charge is -2.32. The lowest BCUT2D eigenvalue weighted by atomic mass is 10.1. The minimum Gasteiger partial charge on any atom is -0.427 e. The van der Waals surface area contributed by atoms with Crippen molar-refractivity contribution >= 4 is 35.1 Å². The third-order valence-corrected chi connectivity index (χ3v) is 5.01. The van der Waals surface area contributed by atoms with Crippen LogP contribution < -0.4 is 15.0 Å². The van der Waals surface area contributed by atoms with Crippen molar-refractivity contribution in [2.24, 2.45) is 0 Å². The van der Waals surface area contributed by atoms with Crippen molar-refractivity contribution < 1.29 is 24.0 Å². The summed E-state index contributed by atoms with van der Waals surface area (Å²) < 4.78 is 4.98. The fourth-order valence-corrected chi connectivity index (χ4v) is 3.38. The normalized spacial score (nSPS) is 14.3. The summed E-state index contributed by atoms with van der Waals surface area (Å²) in [7, 11) is 0. The van der Waals surface area contributed by atoms with E-state index in [0.29, 0.717) is 54.7 Å². The molecular weight excluding hydrogens is 394 g/mol. The maximum Gasteiger partial charge on any atom is 0.308 e. The van der Waals surface area contributed by atoms with E-state index in [9.17, 15) is 14.4 Å². The number of carbonyl (C=O) groups excluding carboxylic acids is 3. The van der Waals surface area contributed by atoms with Gasteiger partial charge in [-0.15, -0.1) is 0 Å². The molecule has 0 unspecified atom stereocenters. The molecule has 0 spiro atoms. The lowest BCUT2D eigenvalue weighted by molar-refractivity contribution is -0.895. The van der Waals surface area contributed by atoms with E-state index < -0.39 is 5.97 Å². The molecule has 2 amide bonds. The Morgan fingerprint density at radius 3 is 2.34 bits per heavy atom. The molecular formula is C21H23ClN3O4+. The number of halogens is 1. The van der Waals surface area contributed by atoms with Crippen LogP contribution in [0.5, 0.6) is 5.75 Å². The van der Waals surface area contributed by atoms with Gasteiger partial charge in [-0.3, -0.25) is 14.4 Å². The number of piperazine rings is 1. The van der Waals surface area contributed by atoms with Crippen molar-refractivity contribution in [3.05, 3.63) is 59.1 Å². The quantitative estimate of drug-likeness (QED) is 0.568. The Bertz CT molecular complexity index is 893. The SMILES string of the molecule is CC(=O)Oc1ccc(C(=O)N2CC[NH+](CC(=O)Nc3ccccc3Cl)CC2)cc1. The molecule has 3 rings (SSSR count). The molecule has 1 heterocycles. The van der Waals surface area contributed by atoms with E-state index in [-0.39, 0.29) is 11.8 Å². The molecule has 2 aromatic rings. The third-order valence-electron chi connectivity index (χ3n) is 4.68. The molecule has 0 radical (unpaired) electrons. The van der Waals surface area contributed by atoms with Crippen LogP contribution in [0.3, 0.4) is 0 Å². The molecule has 29 heavy (non-hydrogen) atoms. The third kappa shape index (κ3) is 5.79. The minimum absolute atomic E-state index is 0.0704. The molecule has 0 saturated carbocycles. The van der Waals surface area contributed by atoms with Crippen LogP contribution in [0.4, 0.5) is 5.69 Å². The van der Waals surface area contributed by atoms with Crippen molar-refractivity contribution in [1.29, 1.82) is 0 Å². The molecule has 1 fully saturated rings. The summed E-state index contributed by atoms with van der Waals surface area (Å²) in [5.41, 5.74) is 1.14. The van der Waals surface area contributed by atoms with Gasteiger partial charge in [0, 0.05) is 12.5 Å². The number of benzene rings is 2. The smallest absolute Gasteiger partial charge is 0.308 e. The van der Waals surface area contributed by atoms with Gasteiger partial charge in [0.1, 0.15) is 5.75 Å². The highest BCUT2D eigenvalue weighted by atomic mass is 35.5. The first-order valence-electron chi connectivity index (χ1n) is 9.38. The number of nitrogens with one attached hydrogen (secondary N) is 2. The maximum atomic E-state index is 12.7. The molecule has 1 aliphatic rings. The number of para-hydroxylation sites is 1. The molecule has 2 N–H and O–H groups in total. The number of quaternary nitrogens is 1. The Morgan fingerprint density at radius 1 is 1.07 bits per heavy atom. The van der Waals surface area contributed by atoms with Crippen molar-refractivity contribution in [2.75, 3.05) is 38.0 Å². The van der Waals surface area contributed by atoms with Crippen LogP contribution in [0.1, 0.15) is 17.3 Å². The fourth-order valence-electron chi connectivity index (χ4n) is 3.20. The number of hydrogen-bond acceptors (Lipinski definition) is 4. The first-order chi connectivity index (χ1) is 13.9. The van der Waals surface area contributed by atoms with Gasteiger partial charge in [0.2, 0.25) is 0 Å². The molecule has 1 saturated heterocycles. The Hall–Kier alpha value is -2.90. The average molecular weight is 417 g/mol. The van der Waals surface area contributed by atoms with Crippen molar-refractivity contribution in [1.82, 2.24) is 4.90 Å². The number of esters is 1. The first-order valence-corrected chi connectivity index (χ1v) is 9.76. The predicted molar refractivity (Wildman–Crippen MR) is 109 cm³/mol. The Balaban J connectivity index is 1.48. The molecule has 0 atom stereocenters. The van der Waals surface area contributed by atoms with E-state index in [4.69, 9.17) is 16.3 Å². The number of carbonyl (C=O) groups is 3. The van der Waals surface area contributed by atoms with Crippen LogP contribution in [0, 0.1) is 0 Å². The summed E-state index contributed by atoms with van der Waals surface area (Å²) in [5, 5.41) is 3.33. The van der Waals surface area contributed by atoms with Crippen molar-refractivity contribution in [3.8, 4) is 5.75 Å². The second-order valence-corrected chi connectivity index (χ2v) is 7.27. The standard InChI is InChI=1S/C21H22ClN3O4/c1-15(26)29-17-8-6-16(7-9-17)21(28)25-12-10-24(11-13-25)14-20(27)23-19-5-3-2-4-18(19)22/h2-9H,10-14H2,1H3,(H,23,27)/p+1. The van der Waals surface area contributed by atoms with Gasteiger partial charge in [0.15, 0.2) is 6.54 Å². The highest BCUT2D eigenvalue weighted by Crippen LogP contribution is 2.20. The zero-order valence-corrected chi connectivity index (χ0v) is 16.9. The average Bonchev–Trinajstić information content (AvgIpc) is 2.70. The van der Waals surface area contributed by atoms with Gasteiger partial charge in [-0.1, -0.05) is 23.7 Å². The summed E-state index contributed by atoms with van der Waals surface area (Å²) in [6.07, 6.45) is 0. The predicted octanol–water partition coefficient (Wildman–Crippen LogP) is 1.24. The van der Waals surface area contributed by atoms with E-state index in [1.54, 1.807) is 41.3 Å². The van der Waals surface area contributed by atoms with Gasteiger partial charge in [-0.2, -0.15) is 0 Å². The molecule has 2 aromatic carbocycles. The largest absolute Gasteiger partial charge is 0.427 e.